The van der Waals surface area contributed by atoms with Crippen LogP contribution in [0.15, 0.2) is 0 Å². The summed E-state index contributed by atoms with van der Waals surface area (Å²) < 4.78 is 5.19. The predicted molar refractivity (Wildman–Crippen MR) is 87.5 cm³/mol. The van der Waals surface area contributed by atoms with Gasteiger partial charge in [-0.15, -0.1) is 0 Å². The molecular formula is C17H34N2O2. The number of hydrogen-bond acceptors (Lipinski definition) is 3. The topological polar surface area (TPSA) is 50.4 Å². The maximum absolute atomic E-state index is 11.4. The van der Waals surface area contributed by atoms with Crippen molar-refractivity contribution < 1.29 is 9.53 Å². The number of rotatable bonds is 7. The van der Waals surface area contributed by atoms with E-state index < -0.39 is 5.60 Å². The first kappa shape index (κ1) is 18.3. The molecule has 1 fully saturated rings. The Hall–Kier alpha value is -0.770. The normalized spacial score (nSPS) is 22.9. The standard InChI is InChI=1S/C17H34N2O2/c1-5-14-7-9-15(10-8-14)13-18-11-6-12-19-16(20)21-17(2,3)4/h14-15,18H,5-13H2,1-4H3,(H,19,20). The molecule has 2 N–H and O–H groups in total. The maximum Gasteiger partial charge on any atom is 0.407 e. The van der Waals surface area contributed by atoms with Gasteiger partial charge in [0.2, 0.25) is 0 Å². The Morgan fingerprint density at radius 3 is 2.29 bits per heavy atom. The summed E-state index contributed by atoms with van der Waals surface area (Å²) in [5.41, 5.74) is -0.417. The molecule has 0 aliphatic heterocycles. The van der Waals surface area contributed by atoms with E-state index in [2.05, 4.69) is 17.6 Å². The summed E-state index contributed by atoms with van der Waals surface area (Å²) in [5, 5.41) is 6.31. The first-order valence-electron chi connectivity index (χ1n) is 8.58. The molecule has 4 heteroatoms. The summed E-state index contributed by atoms with van der Waals surface area (Å²) in [7, 11) is 0. The van der Waals surface area contributed by atoms with Gasteiger partial charge in [0.25, 0.3) is 0 Å². The van der Waals surface area contributed by atoms with Crippen molar-refractivity contribution >= 4 is 6.09 Å². The van der Waals surface area contributed by atoms with Crippen LogP contribution in [0.4, 0.5) is 4.79 Å². The highest BCUT2D eigenvalue weighted by molar-refractivity contribution is 5.67. The minimum absolute atomic E-state index is 0.319. The minimum Gasteiger partial charge on any atom is -0.444 e. The second-order valence-corrected chi connectivity index (χ2v) is 7.28. The first-order valence-corrected chi connectivity index (χ1v) is 8.58. The van der Waals surface area contributed by atoms with E-state index in [4.69, 9.17) is 4.74 Å². The summed E-state index contributed by atoms with van der Waals surface area (Å²) in [6, 6.07) is 0. The van der Waals surface area contributed by atoms with Crippen LogP contribution in [0.3, 0.4) is 0 Å². The number of alkyl carbamates (subject to hydrolysis) is 1. The van der Waals surface area contributed by atoms with Crippen LogP contribution < -0.4 is 10.6 Å². The summed E-state index contributed by atoms with van der Waals surface area (Å²) >= 11 is 0. The number of ether oxygens (including phenoxy) is 1. The number of carbonyl (C=O) groups excluding carboxylic acids is 1. The molecule has 4 nitrogen and oxygen atoms in total. The third-order valence-electron chi connectivity index (χ3n) is 4.18. The molecule has 0 aromatic rings. The molecule has 1 aliphatic rings. The molecule has 0 radical (unpaired) electrons. The van der Waals surface area contributed by atoms with Gasteiger partial charge in [0.05, 0.1) is 0 Å². The zero-order chi connectivity index (χ0) is 15.7. The smallest absolute Gasteiger partial charge is 0.407 e. The zero-order valence-electron chi connectivity index (χ0n) is 14.3. The van der Waals surface area contributed by atoms with Gasteiger partial charge in [-0.05, 0) is 65.0 Å². The lowest BCUT2D eigenvalue weighted by molar-refractivity contribution is 0.0527. The van der Waals surface area contributed by atoms with Gasteiger partial charge in [0, 0.05) is 6.54 Å². The minimum atomic E-state index is -0.417. The lowest BCUT2D eigenvalue weighted by atomic mass is 9.81. The van der Waals surface area contributed by atoms with Crippen LogP contribution in [-0.2, 0) is 4.74 Å². The Morgan fingerprint density at radius 1 is 1.10 bits per heavy atom. The first-order chi connectivity index (χ1) is 9.90. The molecule has 0 spiro atoms. The van der Waals surface area contributed by atoms with Gasteiger partial charge in [0.1, 0.15) is 5.60 Å². The van der Waals surface area contributed by atoms with Gasteiger partial charge in [-0.3, -0.25) is 0 Å². The van der Waals surface area contributed by atoms with Crippen LogP contribution in [0.25, 0.3) is 0 Å². The SMILES string of the molecule is CCC1CCC(CNCCCNC(=O)OC(C)(C)C)CC1. The molecule has 0 bridgehead atoms. The fourth-order valence-corrected chi connectivity index (χ4v) is 2.87. The Morgan fingerprint density at radius 2 is 1.71 bits per heavy atom. The molecule has 1 rings (SSSR count). The van der Waals surface area contributed by atoms with E-state index in [-0.39, 0.29) is 6.09 Å². The Bertz CT molecular complexity index is 292. The summed E-state index contributed by atoms with van der Waals surface area (Å²) in [6.45, 7) is 10.7. The summed E-state index contributed by atoms with van der Waals surface area (Å²) in [4.78, 5) is 11.4. The Balaban J connectivity index is 1.94. The molecule has 0 saturated heterocycles. The highest BCUT2D eigenvalue weighted by atomic mass is 16.6. The van der Waals surface area contributed by atoms with E-state index in [0.717, 1.165) is 31.3 Å². The van der Waals surface area contributed by atoms with Crippen molar-refractivity contribution in [2.75, 3.05) is 19.6 Å². The average Bonchev–Trinajstić information content (AvgIpc) is 2.41. The van der Waals surface area contributed by atoms with Crippen molar-refractivity contribution in [3.05, 3.63) is 0 Å². The molecule has 1 saturated carbocycles. The maximum atomic E-state index is 11.4. The van der Waals surface area contributed by atoms with E-state index in [1.54, 1.807) is 0 Å². The van der Waals surface area contributed by atoms with E-state index in [1.807, 2.05) is 20.8 Å². The lowest BCUT2D eigenvalue weighted by Crippen LogP contribution is -2.34. The van der Waals surface area contributed by atoms with Gasteiger partial charge >= 0.3 is 6.09 Å². The lowest BCUT2D eigenvalue weighted by Gasteiger charge is -2.27. The predicted octanol–water partition coefficient (Wildman–Crippen LogP) is 3.71. The van der Waals surface area contributed by atoms with Gasteiger partial charge in [-0.25, -0.2) is 4.79 Å². The molecule has 1 amide bonds. The molecule has 0 heterocycles. The molecule has 0 unspecified atom stereocenters. The number of hydrogen-bond donors (Lipinski definition) is 2. The molecular weight excluding hydrogens is 264 g/mol. The Kier molecular flexibility index (Phi) is 8.09. The van der Waals surface area contributed by atoms with E-state index in [0.29, 0.717) is 6.54 Å². The van der Waals surface area contributed by atoms with Gasteiger partial charge in [-0.2, -0.15) is 0 Å². The van der Waals surface area contributed by atoms with Crippen molar-refractivity contribution in [3.8, 4) is 0 Å². The largest absolute Gasteiger partial charge is 0.444 e. The molecule has 0 atom stereocenters. The average molecular weight is 298 g/mol. The number of carbonyl (C=O) groups is 1. The number of amides is 1. The second kappa shape index (κ2) is 9.29. The van der Waals surface area contributed by atoms with Crippen molar-refractivity contribution in [2.24, 2.45) is 11.8 Å². The van der Waals surface area contributed by atoms with Gasteiger partial charge in [-0.1, -0.05) is 26.2 Å². The van der Waals surface area contributed by atoms with Gasteiger partial charge < -0.3 is 15.4 Å². The monoisotopic (exact) mass is 298 g/mol. The number of nitrogens with one attached hydrogen (secondary N) is 2. The van der Waals surface area contributed by atoms with Crippen LogP contribution in [0, 0.1) is 11.8 Å². The van der Waals surface area contributed by atoms with Crippen LogP contribution in [0.5, 0.6) is 0 Å². The molecule has 21 heavy (non-hydrogen) atoms. The fraction of sp³-hybridized carbons (Fsp3) is 0.941. The zero-order valence-corrected chi connectivity index (χ0v) is 14.3. The van der Waals surface area contributed by atoms with Crippen molar-refractivity contribution in [1.29, 1.82) is 0 Å². The molecule has 1 aliphatic carbocycles. The molecule has 124 valence electrons. The van der Waals surface area contributed by atoms with Crippen molar-refractivity contribution in [1.82, 2.24) is 10.6 Å². The quantitative estimate of drug-likeness (QED) is 0.705. The van der Waals surface area contributed by atoms with Crippen molar-refractivity contribution in [3.63, 3.8) is 0 Å². The third kappa shape index (κ3) is 8.97. The third-order valence-corrected chi connectivity index (χ3v) is 4.18. The van der Waals surface area contributed by atoms with Crippen LogP contribution in [-0.4, -0.2) is 31.3 Å². The highest BCUT2D eigenvalue weighted by Gasteiger charge is 2.19. The van der Waals surface area contributed by atoms with Crippen LogP contribution in [0.1, 0.15) is 66.2 Å². The second-order valence-electron chi connectivity index (χ2n) is 7.28. The van der Waals surface area contributed by atoms with Gasteiger partial charge in [0.15, 0.2) is 0 Å². The highest BCUT2D eigenvalue weighted by Crippen LogP contribution is 2.29. The molecule has 0 aromatic carbocycles. The van der Waals surface area contributed by atoms with E-state index >= 15 is 0 Å². The Labute approximate surface area is 130 Å². The van der Waals surface area contributed by atoms with E-state index in [9.17, 15) is 4.79 Å². The summed E-state index contributed by atoms with van der Waals surface area (Å²) in [6.07, 6.45) is 7.54. The fourth-order valence-electron chi connectivity index (χ4n) is 2.87. The van der Waals surface area contributed by atoms with E-state index in [1.165, 1.54) is 32.1 Å². The van der Waals surface area contributed by atoms with Crippen LogP contribution >= 0.6 is 0 Å². The molecule has 0 aromatic heterocycles. The van der Waals surface area contributed by atoms with Crippen LogP contribution in [0.2, 0.25) is 0 Å². The van der Waals surface area contributed by atoms with Crippen molar-refractivity contribution in [2.45, 2.75) is 71.8 Å². The summed E-state index contributed by atoms with van der Waals surface area (Å²) in [5.74, 6) is 1.82.